The standard InChI is InChI=1S/C18H15NO2S/c1-13-6-5-9-15(10-13)18(21)16-11-17(20)19(22-16)12-14-7-3-2-4-8-14/h2-11H,12H2,1H3. The second-order valence-electron chi connectivity index (χ2n) is 5.16. The van der Waals surface area contributed by atoms with Crippen molar-refractivity contribution in [1.29, 1.82) is 0 Å². The molecule has 0 amide bonds. The average Bonchev–Trinajstić information content (AvgIpc) is 2.88. The number of aromatic nitrogens is 1. The lowest BCUT2D eigenvalue weighted by atomic mass is 10.1. The predicted octanol–water partition coefficient (Wildman–Crippen LogP) is 3.50. The Morgan fingerprint density at radius 2 is 1.82 bits per heavy atom. The van der Waals surface area contributed by atoms with E-state index in [9.17, 15) is 9.59 Å². The molecule has 0 saturated carbocycles. The van der Waals surface area contributed by atoms with Crippen molar-refractivity contribution in [3.63, 3.8) is 0 Å². The zero-order chi connectivity index (χ0) is 15.5. The van der Waals surface area contributed by atoms with Gasteiger partial charge in [0.2, 0.25) is 5.78 Å². The van der Waals surface area contributed by atoms with E-state index in [1.807, 2.05) is 55.5 Å². The third-order valence-corrected chi connectivity index (χ3v) is 4.41. The van der Waals surface area contributed by atoms with Gasteiger partial charge in [-0.25, -0.2) is 0 Å². The van der Waals surface area contributed by atoms with Crippen molar-refractivity contribution in [3.05, 3.63) is 92.6 Å². The molecule has 0 spiro atoms. The number of benzene rings is 2. The summed E-state index contributed by atoms with van der Waals surface area (Å²) in [7, 11) is 0. The van der Waals surface area contributed by atoms with Gasteiger partial charge in [-0.2, -0.15) is 0 Å². The van der Waals surface area contributed by atoms with Crippen molar-refractivity contribution in [2.75, 3.05) is 0 Å². The van der Waals surface area contributed by atoms with Gasteiger partial charge in [0.25, 0.3) is 5.56 Å². The molecule has 0 aliphatic carbocycles. The SMILES string of the molecule is Cc1cccc(C(=O)c2cc(=O)n(Cc3ccccc3)s2)c1. The Bertz CT molecular complexity index is 862. The van der Waals surface area contributed by atoms with Crippen LogP contribution in [-0.4, -0.2) is 9.74 Å². The van der Waals surface area contributed by atoms with Crippen LogP contribution in [0.2, 0.25) is 0 Å². The molecule has 0 aliphatic rings. The first-order chi connectivity index (χ1) is 10.6. The van der Waals surface area contributed by atoms with Crippen LogP contribution in [0.3, 0.4) is 0 Å². The summed E-state index contributed by atoms with van der Waals surface area (Å²) in [5.41, 5.74) is 2.56. The van der Waals surface area contributed by atoms with Crippen LogP contribution in [-0.2, 0) is 6.54 Å². The monoisotopic (exact) mass is 309 g/mol. The van der Waals surface area contributed by atoms with Crippen LogP contribution < -0.4 is 5.56 Å². The number of ketones is 1. The fourth-order valence-corrected chi connectivity index (χ4v) is 3.22. The van der Waals surface area contributed by atoms with Crippen molar-refractivity contribution in [2.24, 2.45) is 0 Å². The van der Waals surface area contributed by atoms with Crippen LogP contribution in [0.15, 0.2) is 65.5 Å². The number of carbonyl (C=O) groups excluding carboxylic acids is 1. The van der Waals surface area contributed by atoms with E-state index >= 15 is 0 Å². The van der Waals surface area contributed by atoms with Gasteiger partial charge in [0, 0.05) is 11.6 Å². The highest BCUT2D eigenvalue weighted by molar-refractivity contribution is 7.08. The normalized spacial score (nSPS) is 10.6. The van der Waals surface area contributed by atoms with Gasteiger partial charge in [-0.15, -0.1) is 0 Å². The molecular formula is C18H15NO2S. The minimum absolute atomic E-state index is 0.0994. The quantitative estimate of drug-likeness (QED) is 0.692. The second kappa shape index (κ2) is 6.12. The van der Waals surface area contributed by atoms with Gasteiger partial charge in [-0.1, -0.05) is 65.6 Å². The van der Waals surface area contributed by atoms with Gasteiger partial charge in [0.1, 0.15) is 0 Å². The lowest BCUT2D eigenvalue weighted by Crippen LogP contribution is -2.12. The van der Waals surface area contributed by atoms with Crippen molar-refractivity contribution < 1.29 is 4.79 Å². The molecule has 110 valence electrons. The number of aryl methyl sites for hydroxylation is 1. The van der Waals surface area contributed by atoms with E-state index in [0.29, 0.717) is 17.0 Å². The van der Waals surface area contributed by atoms with E-state index in [1.54, 1.807) is 10.0 Å². The van der Waals surface area contributed by atoms with E-state index < -0.39 is 0 Å². The Kier molecular flexibility index (Phi) is 4.02. The molecule has 4 heteroatoms. The first-order valence-electron chi connectivity index (χ1n) is 7.00. The van der Waals surface area contributed by atoms with Crippen LogP contribution in [0, 0.1) is 6.92 Å². The van der Waals surface area contributed by atoms with Crippen molar-refractivity contribution in [3.8, 4) is 0 Å². The van der Waals surface area contributed by atoms with Gasteiger partial charge in [-0.05, 0) is 18.6 Å². The molecule has 3 nitrogen and oxygen atoms in total. The Hall–Kier alpha value is -2.46. The highest BCUT2D eigenvalue weighted by Gasteiger charge is 2.14. The molecule has 3 aromatic rings. The van der Waals surface area contributed by atoms with Crippen molar-refractivity contribution in [2.45, 2.75) is 13.5 Å². The fraction of sp³-hybridized carbons (Fsp3) is 0.111. The fourth-order valence-electron chi connectivity index (χ4n) is 2.27. The predicted molar refractivity (Wildman–Crippen MR) is 88.7 cm³/mol. The van der Waals surface area contributed by atoms with E-state index in [0.717, 1.165) is 11.1 Å². The molecular weight excluding hydrogens is 294 g/mol. The summed E-state index contributed by atoms with van der Waals surface area (Å²) in [5, 5.41) is 0. The largest absolute Gasteiger partial charge is 0.288 e. The Labute approximate surface area is 132 Å². The number of hydrogen-bond donors (Lipinski definition) is 0. The number of carbonyl (C=O) groups is 1. The van der Waals surface area contributed by atoms with E-state index in [2.05, 4.69) is 0 Å². The van der Waals surface area contributed by atoms with Crippen LogP contribution in [0.25, 0.3) is 0 Å². The summed E-state index contributed by atoms with van der Waals surface area (Å²) < 4.78 is 1.61. The highest BCUT2D eigenvalue weighted by atomic mass is 32.1. The van der Waals surface area contributed by atoms with Crippen molar-refractivity contribution in [1.82, 2.24) is 3.96 Å². The maximum atomic E-state index is 12.5. The maximum Gasteiger partial charge on any atom is 0.261 e. The molecule has 0 atom stereocenters. The zero-order valence-electron chi connectivity index (χ0n) is 12.2. The third-order valence-electron chi connectivity index (χ3n) is 3.38. The Balaban J connectivity index is 1.89. The van der Waals surface area contributed by atoms with Crippen LogP contribution in [0.1, 0.15) is 26.4 Å². The Morgan fingerprint density at radius 3 is 2.55 bits per heavy atom. The van der Waals surface area contributed by atoms with E-state index in [-0.39, 0.29) is 11.3 Å². The van der Waals surface area contributed by atoms with E-state index in [4.69, 9.17) is 0 Å². The summed E-state index contributed by atoms with van der Waals surface area (Å²) in [5.74, 6) is -0.0994. The lowest BCUT2D eigenvalue weighted by molar-refractivity contribution is 0.104. The smallest absolute Gasteiger partial charge is 0.261 e. The van der Waals surface area contributed by atoms with Crippen molar-refractivity contribution >= 4 is 17.3 Å². The summed E-state index contributed by atoms with van der Waals surface area (Å²) in [4.78, 5) is 25.0. The van der Waals surface area contributed by atoms with Crippen LogP contribution >= 0.6 is 11.5 Å². The van der Waals surface area contributed by atoms with Gasteiger partial charge in [0.15, 0.2) is 0 Å². The number of rotatable bonds is 4. The van der Waals surface area contributed by atoms with Gasteiger partial charge in [-0.3, -0.25) is 13.5 Å². The topological polar surface area (TPSA) is 39.1 Å². The van der Waals surface area contributed by atoms with Gasteiger partial charge in [0.05, 0.1) is 11.4 Å². The van der Waals surface area contributed by atoms with Crippen LogP contribution in [0.5, 0.6) is 0 Å². The molecule has 2 aromatic carbocycles. The highest BCUT2D eigenvalue weighted by Crippen LogP contribution is 2.15. The molecule has 0 N–H and O–H groups in total. The van der Waals surface area contributed by atoms with Crippen LogP contribution in [0.4, 0.5) is 0 Å². The second-order valence-corrected chi connectivity index (χ2v) is 6.22. The molecule has 22 heavy (non-hydrogen) atoms. The number of hydrogen-bond acceptors (Lipinski definition) is 3. The molecule has 0 radical (unpaired) electrons. The summed E-state index contributed by atoms with van der Waals surface area (Å²) >= 11 is 1.22. The molecule has 1 aromatic heterocycles. The molecule has 3 rings (SSSR count). The van der Waals surface area contributed by atoms with Gasteiger partial charge >= 0.3 is 0 Å². The van der Waals surface area contributed by atoms with E-state index in [1.165, 1.54) is 17.6 Å². The minimum Gasteiger partial charge on any atom is -0.288 e. The molecule has 1 heterocycles. The molecule has 0 aliphatic heterocycles. The molecule has 0 saturated heterocycles. The zero-order valence-corrected chi connectivity index (χ0v) is 13.0. The number of nitrogens with zero attached hydrogens (tertiary/aromatic N) is 1. The summed E-state index contributed by atoms with van der Waals surface area (Å²) in [6.07, 6.45) is 0. The maximum absolute atomic E-state index is 12.5. The first-order valence-corrected chi connectivity index (χ1v) is 7.77. The third kappa shape index (κ3) is 3.07. The Morgan fingerprint density at radius 1 is 1.05 bits per heavy atom. The van der Waals surface area contributed by atoms with Gasteiger partial charge < -0.3 is 0 Å². The molecule has 0 bridgehead atoms. The first kappa shape index (κ1) is 14.5. The lowest BCUT2D eigenvalue weighted by Gasteiger charge is -2.01. The average molecular weight is 309 g/mol. The summed E-state index contributed by atoms with van der Waals surface area (Å²) in [6, 6.07) is 18.6. The molecule has 0 unspecified atom stereocenters. The molecule has 0 fully saturated rings. The summed E-state index contributed by atoms with van der Waals surface area (Å²) in [6.45, 7) is 2.44. The minimum atomic E-state index is -0.134.